The second-order valence-electron chi connectivity index (χ2n) is 8.64. The number of nitrogens with one attached hydrogen (secondary N) is 1. The molecule has 3 aromatic heterocycles. The summed E-state index contributed by atoms with van der Waals surface area (Å²) in [4.78, 5) is 24.9. The molecule has 1 aliphatic rings. The van der Waals surface area contributed by atoms with E-state index in [1.807, 2.05) is 18.5 Å². The van der Waals surface area contributed by atoms with E-state index < -0.39 is 0 Å². The van der Waals surface area contributed by atoms with Gasteiger partial charge in [-0.05, 0) is 12.0 Å². The van der Waals surface area contributed by atoms with Crippen LogP contribution in [0.1, 0.15) is 53.0 Å². The number of nitrogens with two attached hydrogens (primary N) is 1. The van der Waals surface area contributed by atoms with Crippen LogP contribution in [0.5, 0.6) is 0 Å². The summed E-state index contributed by atoms with van der Waals surface area (Å²) in [7, 11) is 1.85. The Hall–Kier alpha value is -2.78. The predicted octanol–water partition coefficient (Wildman–Crippen LogP) is 2.96. The van der Waals surface area contributed by atoms with Crippen molar-refractivity contribution in [2.24, 2.45) is 7.05 Å². The number of thiophene rings is 1. The average Bonchev–Trinajstić information content (AvgIpc) is 3.27. The van der Waals surface area contributed by atoms with Gasteiger partial charge in [-0.1, -0.05) is 20.8 Å². The third kappa shape index (κ3) is 4.08. The minimum absolute atomic E-state index is 0.0712. The van der Waals surface area contributed by atoms with E-state index in [1.54, 1.807) is 28.4 Å². The largest absolute Gasteiger partial charge is 0.382 e. The maximum atomic E-state index is 13.0. The van der Waals surface area contributed by atoms with E-state index in [1.165, 1.54) is 4.88 Å². The van der Waals surface area contributed by atoms with Gasteiger partial charge in [0.15, 0.2) is 0 Å². The molecule has 8 nitrogen and oxygen atoms in total. The molecule has 30 heavy (non-hydrogen) atoms. The SMILES string of the molecule is Cn1nc(C(C)(C)C)cc1NC(=O)c1csc2c1CCN(Cc1nccnc1N)C2. The molecule has 0 unspecified atom stereocenters. The zero-order valence-electron chi connectivity index (χ0n) is 17.8. The number of hydrogen-bond acceptors (Lipinski definition) is 7. The highest BCUT2D eigenvalue weighted by Crippen LogP contribution is 2.30. The van der Waals surface area contributed by atoms with E-state index in [-0.39, 0.29) is 11.3 Å². The van der Waals surface area contributed by atoms with Gasteiger partial charge in [-0.25, -0.2) is 4.98 Å². The highest BCUT2D eigenvalue weighted by atomic mass is 32.1. The van der Waals surface area contributed by atoms with Gasteiger partial charge in [0.25, 0.3) is 5.91 Å². The van der Waals surface area contributed by atoms with Crippen LogP contribution in [0.2, 0.25) is 0 Å². The lowest BCUT2D eigenvalue weighted by molar-refractivity contribution is 0.102. The van der Waals surface area contributed by atoms with Gasteiger partial charge in [-0.15, -0.1) is 11.3 Å². The Balaban J connectivity index is 1.47. The first kappa shape index (κ1) is 20.5. The minimum atomic E-state index is -0.0809. The van der Waals surface area contributed by atoms with Gasteiger partial charge >= 0.3 is 0 Å². The van der Waals surface area contributed by atoms with Gasteiger partial charge < -0.3 is 11.1 Å². The number of aryl methyl sites for hydroxylation is 1. The monoisotopic (exact) mass is 425 g/mol. The van der Waals surface area contributed by atoms with Crippen LogP contribution < -0.4 is 11.1 Å². The molecule has 0 saturated heterocycles. The maximum absolute atomic E-state index is 13.0. The summed E-state index contributed by atoms with van der Waals surface area (Å²) in [5, 5.41) is 9.53. The summed E-state index contributed by atoms with van der Waals surface area (Å²) in [6.45, 7) is 8.61. The van der Waals surface area contributed by atoms with Gasteiger partial charge in [-0.3, -0.25) is 19.4 Å². The third-order valence-electron chi connectivity index (χ3n) is 5.34. The molecule has 0 saturated carbocycles. The summed E-state index contributed by atoms with van der Waals surface area (Å²) in [6.07, 6.45) is 4.09. The highest BCUT2D eigenvalue weighted by Gasteiger charge is 2.26. The van der Waals surface area contributed by atoms with Crippen molar-refractivity contribution in [2.75, 3.05) is 17.6 Å². The van der Waals surface area contributed by atoms with Gasteiger partial charge in [0.1, 0.15) is 11.6 Å². The summed E-state index contributed by atoms with van der Waals surface area (Å²) < 4.78 is 1.73. The van der Waals surface area contributed by atoms with E-state index in [9.17, 15) is 4.79 Å². The van der Waals surface area contributed by atoms with Crippen LogP contribution in [0.3, 0.4) is 0 Å². The molecule has 0 atom stereocenters. The van der Waals surface area contributed by atoms with Crippen LogP contribution in [0, 0.1) is 0 Å². The molecule has 0 bridgehead atoms. The number of hydrogen-bond donors (Lipinski definition) is 2. The molecule has 0 fully saturated rings. The van der Waals surface area contributed by atoms with E-state index in [0.29, 0.717) is 18.2 Å². The van der Waals surface area contributed by atoms with E-state index in [0.717, 1.165) is 42.0 Å². The third-order valence-corrected chi connectivity index (χ3v) is 6.35. The number of fused-ring (bicyclic) bond motifs is 1. The minimum Gasteiger partial charge on any atom is -0.382 e. The summed E-state index contributed by atoms with van der Waals surface area (Å²) in [5.41, 5.74) is 9.50. The molecule has 0 aromatic carbocycles. The Bertz CT molecular complexity index is 1080. The lowest BCUT2D eigenvalue weighted by Crippen LogP contribution is -2.31. The second kappa shape index (κ2) is 7.81. The first-order chi connectivity index (χ1) is 14.2. The van der Waals surface area contributed by atoms with E-state index in [4.69, 9.17) is 5.73 Å². The van der Waals surface area contributed by atoms with Crippen LogP contribution in [0.4, 0.5) is 11.6 Å². The quantitative estimate of drug-likeness (QED) is 0.666. The number of anilines is 2. The van der Waals surface area contributed by atoms with Gasteiger partial charge in [0, 0.05) is 60.8 Å². The van der Waals surface area contributed by atoms with Crippen molar-refractivity contribution in [2.45, 2.75) is 45.7 Å². The van der Waals surface area contributed by atoms with Crippen LogP contribution >= 0.6 is 11.3 Å². The number of carbonyl (C=O) groups excluding carboxylic acids is 1. The van der Waals surface area contributed by atoms with E-state index in [2.05, 4.69) is 46.1 Å². The number of amides is 1. The van der Waals surface area contributed by atoms with Crippen molar-refractivity contribution >= 4 is 28.9 Å². The Kier molecular flexibility index (Phi) is 5.33. The van der Waals surface area contributed by atoms with Crippen molar-refractivity contribution in [3.63, 3.8) is 0 Å². The maximum Gasteiger partial charge on any atom is 0.257 e. The van der Waals surface area contributed by atoms with E-state index >= 15 is 0 Å². The number of nitrogen functional groups attached to an aromatic ring is 1. The fraction of sp³-hybridized carbons (Fsp3) is 0.429. The molecule has 3 aromatic rings. The molecule has 0 radical (unpaired) electrons. The zero-order valence-corrected chi connectivity index (χ0v) is 18.6. The average molecular weight is 426 g/mol. The zero-order chi connectivity index (χ0) is 21.5. The molecule has 4 rings (SSSR count). The van der Waals surface area contributed by atoms with Crippen molar-refractivity contribution in [3.8, 4) is 0 Å². The normalized spacial score (nSPS) is 14.5. The molecule has 4 heterocycles. The molecular weight excluding hydrogens is 398 g/mol. The number of carbonyl (C=O) groups is 1. The summed E-state index contributed by atoms with van der Waals surface area (Å²) in [5.74, 6) is 1.10. The Morgan fingerprint density at radius 1 is 1.30 bits per heavy atom. The fourth-order valence-electron chi connectivity index (χ4n) is 3.55. The first-order valence-electron chi connectivity index (χ1n) is 9.95. The predicted molar refractivity (Wildman–Crippen MR) is 118 cm³/mol. The van der Waals surface area contributed by atoms with Crippen molar-refractivity contribution < 1.29 is 4.79 Å². The molecule has 1 aliphatic heterocycles. The number of rotatable bonds is 4. The number of aromatic nitrogens is 4. The molecular formula is C21H27N7OS. The molecule has 0 spiro atoms. The fourth-order valence-corrected chi connectivity index (χ4v) is 4.67. The van der Waals surface area contributed by atoms with Crippen molar-refractivity contribution in [1.82, 2.24) is 24.6 Å². The van der Waals surface area contributed by atoms with Crippen LogP contribution in [0.25, 0.3) is 0 Å². The van der Waals surface area contributed by atoms with Crippen LogP contribution in [-0.4, -0.2) is 37.1 Å². The number of nitrogens with zero attached hydrogens (tertiary/aromatic N) is 5. The standard InChI is InChI=1S/C21H27N7OS/c1-21(2,3)17-9-18(27(4)26-17)25-20(29)14-12-30-16-11-28(8-5-13(14)16)10-15-19(22)24-7-6-23-15/h6-7,9,12H,5,8,10-11H2,1-4H3,(H2,22,24)(H,25,29). The summed E-state index contributed by atoms with van der Waals surface area (Å²) >= 11 is 1.63. The lowest BCUT2D eigenvalue weighted by atomic mass is 9.92. The Morgan fingerprint density at radius 2 is 2.07 bits per heavy atom. The second-order valence-corrected chi connectivity index (χ2v) is 9.61. The lowest BCUT2D eigenvalue weighted by Gasteiger charge is -2.27. The van der Waals surface area contributed by atoms with Crippen LogP contribution in [-0.2, 0) is 32.0 Å². The topological polar surface area (TPSA) is 102 Å². The molecule has 3 N–H and O–H groups in total. The Morgan fingerprint density at radius 3 is 2.77 bits per heavy atom. The first-order valence-corrected chi connectivity index (χ1v) is 10.8. The molecule has 158 valence electrons. The van der Waals surface area contributed by atoms with Gasteiger partial charge in [-0.2, -0.15) is 5.10 Å². The molecule has 1 amide bonds. The smallest absolute Gasteiger partial charge is 0.257 e. The van der Waals surface area contributed by atoms with Gasteiger partial charge in [0.2, 0.25) is 0 Å². The van der Waals surface area contributed by atoms with Gasteiger partial charge in [0.05, 0.1) is 17.0 Å². The van der Waals surface area contributed by atoms with Crippen LogP contribution in [0.15, 0.2) is 23.8 Å². The summed E-state index contributed by atoms with van der Waals surface area (Å²) in [6, 6.07) is 1.95. The molecule has 9 heteroatoms. The molecule has 0 aliphatic carbocycles. The van der Waals surface area contributed by atoms with Crippen molar-refractivity contribution in [1.29, 1.82) is 0 Å². The highest BCUT2D eigenvalue weighted by molar-refractivity contribution is 7.10. The van der Waals surface area contributed by atoms with Crippen molar-refractivity contribution in [3.05, 3.63) is 51.2 Å². The Labute approximate surface area is 180 Å².